The second-order valence-electron chi connectivity index (χ2n) is 9.28. The van der Waals surface area contributed by atoms with Crippen molar-refractivity contribution < 1.29 is 9.59 Å². The number of carbonyl (C=O) groups excluding carboxylic acids is 2. The molecule has 1 aromatic heterocycles. The summed E-state index contributed by atoms with van der Waals surface area (Å²) >= 11 is 0. The summed E-state index contributed by atoms with van der Waals surface area (Å²) in [5.74, 6) is 0.173. The van der Waals surface area contributed by atoms with Gasteiger partial charge >= 0.3 is 0 Å². The van der Waals surface area contributed by atoms with Crippen LogP contribution in [0.5, 0.6) is 0 Å². The van der Waals surface area contributed by atoms with Crippen LogP contribution in [-0.4, -0.2) is 16.6 Å². The van der Waals surface area contributed by atoms with E-state index in [0.29, 0.717) is 24.0 Å². The number of pyridine rings is 1. The number of anilines is 2. The second kappa shape index (κ2) is 9.27. The molecule has 0 unspecified atom stereocenters. The first-order valence-corrected chi connectivity index (χ1v) is 12.2. The van der Waals surface area contributed by atoms with Gasteiger partial charge in [-0.25, -0.2) is 0 Å². The van der Waals surface area contributed by atoms with E-state index in [1.807, 2.05) is 78.9 Å². The Labute approximate surface area is 209 Å². The van der Waals surface area contributed by atoms with E-state index in [1.54, 1.807) is 12.4 Å². The summed E-state index contributed by atoms with van der Waals surface area (Å²) in [7, 11) is 0. The molecule has 2 atom stereocenters. The maximum Gasteiger partial charge on any atom is 0.193 e. The van der Waals surface area contributed by atoms with Gasteiger partial charge in [0.25, 0.3) is 0 Å². The Morgan fingerprint density at radius 2 is 1.53 bits per heavy atom. The van der Waals surface area contributed by atoms with Crippen LogP contribution in [0.4, 0.5) is 11.4 Å². The molecule has 5 nitrogen and oxygen atoms in total. The maximum atomic E-state index is 13.6. The maximum absolute atomic E-state index is 13.6. The Morgan fingerprint density at radius 3 is 2.28 bits per heavy atom. The first-order chi connectivity index (χ1) is 17.7. The minimum atomic E-state index is -0.331. The predicted molar refractivity (Wildman–Crippen MR) is 141 cm³/mol. The quantitative estimate of drug-likeness (QED) is 0.342. The topological polar surface area (TPSA) is 71.1 Å². The van der Waals surface area contributed by atoms with Crippen LogP contribution in [0.25, 0.3) is 0 Å². The standard InChI is InChI=1S/C31H25N3O2/c35-28-18-24(20-8-3-1-4-9-20)17-27-29(28)30(23-12-7-15-32-19-23)34-25-14-13-22(16-26(25)33-27)31(36)21-10-5-2-6-11-21/h1-16,19,24,30,33-34H,17-18H2/t24-,30+/m1/s1. The predicted octanol–water partition coefficient (Wildman–Crippen LogP) is 6.29. The molecule has 0 amide bonds. The number of Topliss-reactive ketones (excluding diaryl/α,β-unsaturated/α-hetero) is 1. The third-order valence-electron chi connectivity index (χ3n) is 6.99. The van der Waals surface area contributed by atoms with Crippen molar-refractivity contribution in [2.24, 2.45) is 0 Å². The van der Waals surface area contributed by atoms with E-state index in [2.05, 4.69) is 27.8 Å². The molecule has 0 bridgehead atoms. The summed E-state index contributed by atoms with van der Waals surface area (Å²) in [4.78, 5) is 31.1. The number of fused-ring (bicyclic) bond motifs is 1. The van der Waals surface area contributed by atoms with Crippen LogP contribution in [-0.2, 0) is 4.79 Å². The summed E-state index contributed by atoms with van der Waals surface area (Å²) in [5, 5.41) is 7.14. The Morgan fingerprint density at radius 1 is 0.778 bits per heavy atom. The molecule has 0 spiro atoms. The van der Waals surface area contributed by atoms with Gasteiger partial charge in [0.1, 0.15) is 0 Å². The molecule has 1 aliphatic heterocycles. The molecule has 4 aromatic rings. The molecule has 5 heteroatoms. The number of nitrogens with zero attached hydrogens (tertiary/aromatic N) is 1. The van der Waals surface area contributed by atoms with Crippen LogP contribution in [0, 0.1) is 0 Å². The van der Waals surface area contributed by atoms with Crippen molar-refractivity contribution >= 4 is 22.9 Å². The lowest BCUT2D eigenvalue weighted by atomic mass is 9.79. The second-order valence-corrected chi connectivity index (χ2v) is 9.28. The smallest absolute Gasteiger partial charge is 0.193 e. The molecule has 0 fully saturated rings. The van der Waals surface area contributed by atoms with Gasteiger partial charge in [-0.2, -0.15) is 0 Å². The summed E-state index contributed by atoms with van der Waals surface area (Å²) in [5.41, 5.74) is 6.58. The van der Waals surface area contributed by atoms with Crippen molar-refractivity contribution in [2.45, 2.75) is 24.8 Å². The molecule has 36 heavy (non-hydrogen) atoms. The fourth-order valence-electron chi connectivity index (χ4n) is 5.20. The summed E-state index contributed by atoms with van der Waals surface area (Å²) < 4.78 is 0. The van der Waals surface area contributed by atoms with Crippen molar-refractivity contribution in [3.8, 4) is 0 Å². The summed E-state index contributed by atoms with van der Waals surface area (Å²) in [6.07, 6.45) is 4.70. The van der Waals surface area contributed by atoms with Crippen molar-refractivity contribution in [2.75, 3.05) is 10.6 Å². The van der Waals surface area contributed by atoms with E-state index < -0.39 is 0 Å². The minimum Gasteiger partial charge on any atom is -0.372 e. The van der Waals surface area contributed by atoms with Crippen LogP contribution >= 0.6 is 0 Å². The zero-order valence-electron chi connectivity index (χ0n) is 19.6. The number of ketones is 2. The first kappa shape index (κ1) is 22.0. The SMILES string of the molecule is O=C1C[C@H](c2ccccc2)CC2=C1[C@H](c1cccnc1)Nc1ccc(C(=O)c3ccccc3)cc1N2. The highest BCUT2D eigenvalue weighted by Crippen LogP contribution is 2.44. The number of nitrogens with one attached hydrogen (secondary N) is 2. The Kier molecular flexibility index (Phi) is 5.66. The lowest BCUT2D eigenvalue weighted by molar-refractivity contribution is -0.116. The zero-order chi connectivity index (χ0) is 24.5. The molecule has 3 aromatic carbocycles. The highest BCUT2D eigenvalue weighted by atomic mass is 16.1. The molecule has 2 heterocycles. The molecule has 176 valence electrons. The molecule has 0 saturated heterocycles. The van der Waals surface area contributed by atoms with Gasteiger partial charge in [0, 0.05) is 41.2 Å². The van der Waals surface area contributed by atoms with Crippen LogP contribution in [0.1, 0.15) is 51.8 Å². The van der Waals surface area contributed by atoms with Gasteiger partial charge < -0.3 is 10.6 Å². The Balaban J connectivity index is 1.43. The van der Waals surface area contributed by atoms with Crippen molar-refractivity contribution in [3.63, 3.8) is 0 Å². The van der Waals surface area contributed by atoms with E-state index in [-0.39, 0.29) is 23.5 Å². The van der Waals surface area contributed by atoms with Crippen molar-refractivity contribution in [1.29, 1.82) is 0 Å². The van der Waals surface area contributed by atoms with Crippen LogP contribution in [0.3, 0.4) is 0 Å². The van der Waals surface area contributed by atoms with Gasteiger partial charge in [-0.15, -0.1) is 0 Å². The van der Waals surface area contributed by atoms with Crippen LogP contribution in [0.2, 0.25) is 0 Å². The lowest BCUT2D eigenvalue weighted by Crippen LogP contribution is -2.26. The first-order valence-electron chi connectivity index (χ1n) is 12.2. The van der Waals surface area contributed by atoms with Crippen LogP contribution in [0.15, 0.2) is 115 Å². The van der Waals surface area contributed by atoms with E-state index >= 15 is 0 Å². The number of hydrogen-bond donors (Lipinski definition) is 2. The Hall–Kier alpha value is -4.51. The molecule has 2 N–H and O–H groups in total. The molecule has 6 rings (SSSR count). The number of allylic oxidation sites excluding steroid dienone is 1. The number of benzene rings is 3. The normalized spacial score (nSPS) is 18.8. The largest absolute Gasteiger partial charge is 0.372 e. The fourth-order valence-corrected chi connectivity index (χ4v) is 5.20. The summed E-state index contributed by atoms with van der Waals surface area (Å²) in [6, 6.07) is 28.6. The van der Waals surface area contributed by atoms with Gasteiger partial charge in [0.15, 0.2) is 11.6 Å². The Bertz CT molecular complexity index is 1460. The monoisotopic (exact) mass is 471 g/mol. The number of aromatic nitrogens is 1. The fraction of sp³-hybridized carbons (Fsp3) is 0.129. The molecule has 0 saturated carbocycles. The summed E-state index contributed by atoms with van der Waals surface area (Å²) in [6.45, 7) is 0. The average Bonchev–Trinajstić information content (AvgIpc) is 3.10. The van der Waals surface area contributed by atoms with Crippen LogP contribution < -0.4 is 10.6 Å². The van der Waals surface area contributed by atoms with Gasteiger partial charge in [0.05, 0.1) is 17.4 Å². The van der Waals surface area contributed by atoms with Gasteiger partial charge in [-0.1, -0.05) is 66.7 Å². The van der Waals surface area contributed by atoms with E-state index in [4.69, 9.17) is 0 Å². The van der Waals surface area contributed by atoms with Crippen molar-refractivity contribution in [1.82, 2.24) is 4.98 Å². The van der Waals surface area contributed by atoms with Gasteiger partial charge in [-0.05, 0) is 47.7 Å². The number of carbonyl (C=O) groups is 2. The molecular weight excluding hydrogens is 446 g/mol. The molecular formula is C31H25N3O2. The van der Waals surface area contributed by atoms with Gasteiger partial charge in [0.2, 0.25) is 0 Å². The average molecular weight is 472 g/mol. The number of hydrogen-bond acceptors (Lipinski definition) is 5. The van der Waals surface area contributed by atoms with E-state index in [9.17, 15) is 9.59 Å². The van der Waals surface area contributed by atoms with E-state index in [1.165, 1.54) is 0 Å². The zero-order valence-corrected chi connectivity index (χ0v) is 19.6. The minimum absolute atomic E-state index is 0.0376. The third kappa shape index (κ3) is 4.09. The number of rotatable bonds is 4. The highest BCUT2D eigenvalue weighted by molar-refractivity contribution is 6.10. The third-order valence-corrected chi connectivity index (χ3v) is 6.99. The highest BCUT2D eigenvalue weighted by Gasteiger charge is 2.36. The van der Waals surface area contributed by atoms with E-state index in [0.717, 1.165) is 33.8 Å². The molecule has 1 aliphatic carbocycles. The van der Waals surface area contributed by atoms with Gasteiger partial charge in [-0.3, -0.25) is 14.6 Å². The lowest BCUT2D eigenvalue weighted by Gasteiger charge is -2.29. The molecule has 2 aliphatic rings. The van der Waals surface area contributed by atoms with Crippen molar-refractivity contribution in [3.05, 3.63) is 137 Å². The molecule has 0 radical (unpaired) electrons.